The number of hydrogen-bond donors (Lipinski definition) is 3. The van der Waals surface area contributed by atoms with Crippen molar-refractivity contribution in [1.82, 2.24) is 10.6 Å². The summed E-state index contributed by atoms with van der Waals surface area (Å²) < 4.78 is 0.921. The van der Waals surface area contributed by atoms with Crippen LogP contribution in [-0.2, 0) is 4.79 Å². The van der Waals surface area contributed by atoms with Crippen LogP contribution in [-0.4, -0.2) is 30.4 Å². The molecule has 4 N–H and O–H groups in total. The Morgan fingerprint density at radius 1 is 1.18 bits per heavy atom. The maximum Gasteiger partial charge on any atom is 0.251 e. The summed E-state index contributed by atoms with van der Waals surface area (Å²) in [6.45, 7) is 4.42. The third kappa shape index (κ3) is 6.77. The highest BCUT2D eigenvalue weighted by atomic mass is 79.9. The van der Waals surface area contributed by atoms with Crippen LogP contribution in [0, 0.1) is 0 Å². The number of nitrogens with two attached hydrogens (primary N) is 1. The predicted molar refractivity (Wildman–Crippen MR) is 94.2 cm³/mol. The quantitative estimate of drug-likeness (QED) is 0.622. The standard InChI is InChI=1S/C15H22BrN3O2.ClH/c1-3-8-15(2,17)14(21)19-10-9-18-13(20)11-4-6-12(16)7-5-11;/h4-7H,3,8-10,17H2,1-2H3,(H,18,20)(H,19,21);1H. The van der Waals surface area contributed by atoms with E-state index in [1.807, 2.05) is 6.92 Å². The SMILES string of the molecule is CCCC(C)(N)C(=O)NCCNC(=O)c1ccc(Br)cc1.Cl. The lowest BCUT2D eigenvalue weighted by Gasteiger charge is -2.22. The van der Waals surface area contributed by atoms with E-state index in [0.29, 0.717) is 25.1 Å². The Morgan fingerprint density at radius 3 is 2.27 bits per heavy atom. The maximum atomic E-state index is 11.9. The number of rotatable bonds is 7. The Labute approximate surface area is 145 Å². The molecule has 0 aliphatic carbocycles. The zero-order chi connectivity index (χ0) is 15.9. The summed E-state index contributed by atoms with van der Waals surface area (Å²) in [5.41, 5.74) is 5.64. The molecule has 0 radical (unpaired) electrons. The molecule has 5 nitrogen and oxygen atoms in total. The largest absolute Gasteiger partial charge is 0.353 e. The minimum atomic E-state index is -0.857. The van der Waals surface area contributed by atoms with E-state index in [9.17, 15) is 9.59 Å². The Bertz CT molecular complexity index is 492. The van der Waals surface area contributed by atoms with Gasteiger partial charge in [-0.1, -0.05) is 29.3 Å². The van der Waals surface area contributed by atoms with Gasteiger partial charge in [-0.15, -0.1) is 12.4 Å². The van der Waals surface area contributed by atoms with Crippen molar-refractivity contribution in [2.45, 2.75) is 32.2 Å². The van der Waals surface area contributed by atoms with Crippen LogP contribution in [0.2, 0.25) is 0 Å². The first-order valence-electron chi connectivity index (χ1n) is 6.98. The van der Waals surface area contributed by atoms with Gasteiger partial charge in [0.1, 0.15) is 0 Å². The number of halogens is 2. The van der Waals surface area contributed by atoms with E-state index in [1.54, 1.807) is 31.2 Å². The molecule has 22 heavy (non-hydrogen) atoms. The summed E-state index contributed by atoms with van der Waals surface area (Å²) in [7, 11) is 0. The second-order valence-electron chi connectivity index (χ2n) is 5.19. The fraction of sp³-hybridized carbons (Fsp3) is 0.467. The second kappa shape index (κ2) is 9.82. The van der Waals surface area contributed by atoms with Crippen LogP contribution in [0.5, 0.6) is 0 Å². The second-order valence-corrected chi connectivity index (χ2v) is 6.10. The van der Waals surface area contributed by atoms with Crippen molar-refractivity contribution >= 4 is 40.2 Å². The first-order valence-corrected chi connectivity index (χ1v) is 7.77. The predicted octanol–water partition coefficient (Wildman–Crippen LogP) is 2.23. The first kappa shape index (κ1) is 20.9. The molecule has 1 atom stereocenters. The monoisotopic (exact) mass is 391 g/mol. The molecule has 0 heterocycles. The van der Waals surface area contributed by atoms with Crippen molar-refractivity contribution in [3.8, 4) is 0 Å². The van der Waals surface area contributed by atoms with Gasteiger partial charge in [-0.25, -0.2) is 0 Å². The lowest BCUT2D eigenvalue weighted by atomic mass is 9.97. The first-order chi connectivity index (χ1) is 9.86. The van der Waals surface area contributed by atoms with Crippen LogP contribution in [0.4, 0.5) is 0 Å². The molecule has 1 aromatic carbocycles. The summed E-state index contributed by atoms with van der Waals surface area (Å²) in [6.07, 6.45) is 1.48. The Balaban J connectivity index is 0.00000441. The van der Waals surface area contributed by atoms with Gasteiger partial charge in [0, 0.05) is 23.1 Å². The number of carbonyl (C=O) groups is 2. The third-order valence-electron chi connectivity index (χ3n) is 3.09. The van der Waals surface area contributed by atoms with Crippen LogP contribution in [0.15, 0.2) is 28.7 Å². The normalized spacial score (nSPS) is 12.7. The molecular formula is C15H23BrClN3O2. The van der Waals surface area contributed by atoms with Gasteiger partial charge >= 0.3 is 0 Å². The van der Waals surface area contributed by atoms with Crippen molar-refractivity contribution < 1.29 is 9.59 Å². The van der Waals surface area contributed by atoms with E-state index in [2.05, 4.69) is 26.6 Å². The Morgan fingerprint density at radius 2 is 1.73 bits per heavy atom. The van der Waals surface area contributed by atoms with Gasteiger partial charge in [0.2, 0.25) is 5.91 Å². The van der Waals surface area contributed by atoms with E-state index in [1.165, 1.54) is 0 Å². The minimum Gasteiger partial charge on any atom is -0.353 e. The van der Waals surface area contributed by atoms with E-state index in [0.717, 1.165) is 10.9 Å². The molecule has 1 rings (SSSR count). The molecular weight excluding hydrogens is 370 g/mol. The van der Waals surface area contributed by atoms with Crippen LogP contribution in [0.1, 0.15) is 37.0 Å². The summed E-state index contributed by atoms with van der Waals surface area (Å²) in [6, 6.07) is 7.08. The topological polar surface area (TPSA) is 84.2 Å². The fourth-order valence-corrected chi connectivity index (χ4v) is 2.15. The molecule has 0 aromatic heterocycles. The van der Waals surface area contributed by atoms with Gasteiger partial charge in [0.15, 0.2) is 0 Å². The average Bonchev–Trinajstić information content (AvgIpc) is 2.43. The van der Waals surface area contributed by atoms with Gasteiger partial charge < -0.3 is 16.4 Å². The highest BCUT2D eigenvalue weighted by molar-refractivity contribution is 9.10. The van der Waals surface area contributed by atoms with Crippen molar-refractivity contribution in [3.05, 3.63) is 34.3 Å². The number of amides is 2. The maximum absolute atomic E-state index is 11.9. The van der Waals surface area contributed by atoms with Crippen molar-refractivity contribution in [2.75, 3.05) is 13.1 Å². The number of nitrogens with one attached hydrogen (secondary N) is 2. The molecule has 7 heteroatoms. The van der Waals surface area contributed by atoms with Crippen LogP contribution < -0.4 is 16.4 Å². The summed E-state index contributed by atoms with van der Waals surface area (Å²) in [5, 5.41) is 5.48. The molecule has 1 aromatic rings. The average molecular weight is 393 g/mol. The Hall–Kier alpha value is -1.11. The zero-order valence-corrected chi connectivity index (χ0v) is 15.2. The lowest BCUT2D eigenvalue weighted by Crippen LogP contribution is -2.52. The number of benzene rings is 1. The van der Waals surface area contributed by atoms with Crippen molar-refractivity contribution in [3.63, 3.8) is 0 Å². The van der Waals surface area contributed by atoms with Gasteiger partial charge in [-0.2, -0.15) is 0 Å². The van der Waals surface area contributed by atoms with E-state index >= 15 is 0 Å². The van der Waals surface area contributed by atoms with E-state index in [-0.39, 0.29) is 24.2 Å². The van der Waals surface area contributed by atoms with Crippen LogP contribution in [0.3, 0.4) is 0 Å². The summed E-state index contributed by atoms with van der Waals surface area (Å²) >= 11 is 3.31. The summed E-state index contributed by atoms with van der Waals surface area (Å²) in [4.78, 5) is 23.7. The molecule has 0 fully saturated rings. The van der Waals surface area contributed by atoms with Crippen LogP contribution in [0.25, 0.3) is 0 Å². The molecule has 0 saturated carbocycles. The molecule has 0 aliphatic rings. The highest BCUT2D eigenvalue weighted by Crippen LogP contribution is 2.10. The molecule has 2 amide bonds. The molecule has 0 spiro atoms. The zero-order valence-electron chi connectivity index (χ0n) is 12.8. The number of hydrogen-bond acceptors (Lipinski definition) is 3. The molecule has 0 bridgehead atoms. The van der Waals surface area contributed by atoms with Crippen molar-refractivity contribution in [1.29, 1.82) is 0 Å². The minimum absolute atomic E-state index is 0. The van der Waals surface area contributed by atoms with E-state index in [4.69, 9.17) is 5.73 Å². The number of carbonyl (C=O) groups excluding carboxylic acids is 2. The van der Waals surface area contributed by atoms with Crippen molar-refractivity contribution in [2.24, 2.45) is 5.73 Å². The smallest absolute Gasteiger partial charge is 0.251 e. The Kier molecular flexibility index (Phi) is 9.32. The van der Waals surface area contributed by atoms with Crippen LogP contribution >= 0.6 is 28.3 Å². The van der Waals surface area contributed by atoms with Gasteiger partial charge in [-0.3, -0.25) is 9.59 Å². The molecule has 0 saturated heterocycles. The third-order valence-corrected chi connectivity index (χ3v) is 3.62. The highest BCUT2D eigenvalue weighted by Gasteiger charge is 2.26. The lowest BCUT2D eigenvalue weighted by molar-refractivity contribution is -0.126. The molecule has 0 aliphatic heterocycles. The fourth-order valence-electron chi connectivity index (χ4n) is 1.89. The summed E-state index contributed by atoms with van der Waals surface area (Å²) in [5.74, 6) is -0.358. The molecule has 124 valence electrons. The van der Waals surface area contributed by atoms with Gasteiger partial charge in [0.05, 0.1) is 5.54 Å². The van der Waals surface area contributed by atoms with Gasteiger partial charge in [-0.05, 0) is 37.6 Å². The van der Waals surface area contributed by atoms with Gasteiger partial charge in [0.25, 0.3) is 5.91 Å². The van der Waals surface area contributed by atoms with E-state index < -0.39 is 5.54 Å². The molecule has 1 unspecified atom stereocenters.